The van der Waals surface area contributed by atoms with Crippen molar-refractivity contribution in [3.8, 4) is 0 Å². The lowest BCUT2D eigenvalue weighted by molar-refractivity contribution is 0.185. The van der Waals surface area contributed by atoms with Crippen molar-refractivity contribution in [3.63, 3.8) is 0 Å². The first kappa shape index (κ1) is 13.6. The lowest BCUT2D eigenvalue weighted by Gasteiger charge is -2.10. The molecular weight excluding hydrogens is 260 g/mol. The van der Waals surface area contributed by atoms with Gasteiger partial charge in [0.25, 0.3) is 0 Å². The molecule has 0 radical (unpaired) electrons. The summed E-state index contributed by atoms with van der Waals surface area (Å²) in [5.41, 5.74) is 4.55. The first-order chi connectivity index (χ1) is 10.4. The van der Waals surface area contributed by atoms with Crippen molar-refractivity contribution in [1.29, 1.82) is 0 Å². The second-order valence-corrected chi connectivity index (χ2v) is 4.97. The van der Waals surface area contributed by atoms with Gasteiger partial charge in [-0.25, -0.2) is 0 Å². The Morgan fingerprint density at radius 1 is 1.05 bits per heavy atom. The summed E-state index contributed by atoms with van der Waals surface area (Å²) < 4.78 is 5.17. The van der Waals surface area contributed by atoms with E-state index >= 15 is 0 Å². The van der Waals surface area contributed by atoms with E-state index in [9.17, 15) is 0 Å². The van der Waals surface area contributed by atoms with Crippen LogP contribution in [-0.2, 0) is 17.9 Å². The monoisotopic (exact) mass is 278 g/mol. The number of aromatic nitrogens is 1. The van der Waals surface area contributed by atoms with Crippen LogP contribution in [0.2, 0.25) is 0 Å². The molecule has 0 spiro atoms. The summed E-state index contributed by atoms with van der Waals surface area (Å²) >= 11 is 0. The van der Waals surface area contributed by atoms with Gasteiger partial charge in [0, 0.05) is 30.9 Å². The molecule has 0 amide bonds. The fourth-order valence-corrected chi connectivity index (χ4v) is 2.44. The van der Waals surface area contributed by atoms with Crippen molar-refractivity contribution in [2.24, 2.45) is 0 Å². The number of fused-ring (bicyclic) bond motifs is 1. The molecule has 0 saturated carbocycles. The molecular formula is C18H18N2O. The zero-order chi connectivity index (χ0) is 14.5. The lowest BCUT2D eigenvalue weighted by atomic mass is 10.1. The number of rotatable bonds is 5. The van der Waals surface area contributed by atoms with Crippen molar-refractivity contribution in [2.45, 2.75) is 13.2 Å². The largest absolute Gasteiger partial charge is 0.381 e. The number of ether oxygens (including phenoxy) is 1. The van der Waals surface area contributed by atoms with Gasteiger partial charge >= 0.3 is 0 Å². The van der Waals surface area contributed by atoms with Gasteiger partial charge in [0.1, 0.15) is 0 Å². The van der Waals surface area contributed by atoms with E-state index in [1.165, 1.54) is 16.5 Å². The Balaban J connectivity index is 1.79. The first-order valence-electron chi connectivity index (χ1n) is 7.01. The summed E-state index contributed by atoms with van der Waals surface area (Å²) in [5, 5.41) is 4.66. The molecule has 3 aromatic rings. The van der Waals surface area contributed by atoms with Crippen LogP contribution in [0, 0.1) is 0 Å². The summed E-state index contributed by atoms with van der Waals surface area (Å²) in [7, 11) is 1.71. The Kier molecular flexibility index (Phi) is 4.12. The average molecular weight is 278 g/mol. The molecule has 0 atom stereocenters. The molecule has 0 saturated heterocycles. The molecule has 0 unspecified atom stereocenters. The van der Waals surface area contributed by atoms with Crippen LogP contribution in [0.4, 0.5) is 5.69 Å². The minimum atomic E-state index is 0.633. The third kappa shape index (κ3) is 3.20. The van der Waals surface area contributed by atoms with Gasteiger partial charge in [0.15, 0.2) is 0 Å². The molecule has 0 bridgehead atoms. The molecule has 0 aliphatic rings. The van der Waals surface area contributed by atoms with Crippen LogP contribution in [0.25, 0.3) is 10.9 Å². The van der Waals surface area contributed by atoms with E-state index in [2.05, 4.69) is 40.6 Å². The maximum Gasteiger partial charge on any atom is 0.0713 e. The first-order valence-corrected chi connectivity index (χ1v) is 7.01. The highest BCUT2D eigenvalue weighted by Gasteiger charge is 2.01. The lowest BCUT2D eigenvalue weighted by Crippen LogP contribution is -2.01. The topological polar surface area (TPSA) is 34.1 Å². The SMILES string of the molecule is COCc1cccc(NCc2ccnc3ccccc23)c1. The van der Waals surface area contributed by atoms with Crippen LogP contribution >= 0.6 is 0 Å². The van der Waals surface area contributed by atoms with Crippen molar-refractivity contribution in [3.05, 3.63) is 71.9 Å². The van der Waals surface area contributed by atoms with Gasteiger partial charge in [-0.2, -0.15) is 0 Å². The molecule has 1 N–H and O–H groups in total. The van der Waals surface area contributed by atoms with Crippen LogP contribution in [0.5, 0.6) is 0 Å². The number of para-hydroxylation sites is 1. The molecule has 0 fully saturated rings. The van der Waals surface area contributed by atoms with Gasteiger partial charge in [-0.1, -0.05) is 30.3 Å². The van der Waals surface area contributed by atoms with E-state index in [0.29, 0.717) is 6.61 Å². The predicted molar refractivity (Wildman–Crippen MR) is 86.2 cm³/mol. The minimum Gasteiger partial charge on any atom is -0.381 e. The Bertz CT molecular complexity index is 735. The second kappa shape index (κ2) is 6.37. The molecule has 106 valence electrons. The molecule has 3 rings (SSSR count). The van der Waals surface area contributed by atoms with Gasteiger partial charge in [-0.15, -0.1) is 0 Å². The van der Waals surface area contributed by atoms with Gasteiger partial charge < -0.3 is 10.1 Å². The van der Waals surface area contributed by atoms with Gasteiger partial charge in [-0.3, -0.25) is 4.98 Å². The number of pyridine rings is 1. The number of nitrogens with one attached hydrogen (secondary N) is 1. The van der Waals surface area contributed by atoms with Crippen molar-refractivity contribution < 1.29 is 4.74 Å². The van der Waals surface area contributed by atoms with Crippen LogP contribution in [0.15, 0.2) is 60.8 Å². The van der Waals surface area contributed by atoms with Crippen LogP contribution in [-0.4, -0.2) is 12.1 Å². The average Bonchev–Trinajstić information content (AvgIpc) is 2.53. The third-order valence-electron chi connectivity index (χ3n) is 3.46. The van der Waals surface area contributed by atoms with Gasteiger partial charge in [-0.05, 0) is 35.4 Å². The highest BCUT2D eigenvalue weighted by atomic mass is 16.5. The standard InChI is InChI=1S/C18H18N2O/c1-21-13-14-5-4-6-16(11-14)20-12-15-9-10-19-18-8-3-2-7-17(15)18/h2-11,20H,12-13H2,1H3. The van der Waals surface area contributed by atoms with Crippen molar-refractivity contribution in [2.75, 3.05) is 12.4 Å². The quantitative estimate of drug-likeness (QED) is 0.766. The van der Waals surface area contributed by atoms with E-state index in [0.717, 1.165) is 17.7 Å². The Morgan fingerprint density at radius 2 is 1.95 bits per heavy atom. The summed E-state index contributed by atoms with van der Waals surface area (Å²) in [6, 6.07) is 18.6. The maximum atomic E-state index is 5.17. The van der Waals surface area contributed by atoms with Crippen LogP contribution in [0.3, 0.4) is 0 Å². The van der Waals surface area contributed by atoms with Crippen LogP contribution < -0.4 is 5.32 Å². The molecule has 3 heteroatoms. The summed E-state index contributed by atoms with van der Waals surface area (Å²) in [6.45, 7) is 1.41. The molecule has 0 aliphatic carbocycles. The Morgan fingerprint density at radius 3 is 2.86 bits per heavy atom. The summed E-state index contributed by atoms with van der Waals surface area (Å²) in [4.78, 5) is 4.39. The van der Waals surface area contributed by atoms with Crippen molar-refractivity contribution >= 4 is 16.6 Å². The highest BCUT2D eigenvalue weighted by Crippen LogP contribution is 2.18. The molecule has 21 heavy (non-hydrogen) atoms. The molecule has 2 aromatic carbocycles. The Hall–Kier alpha value is -2.39. The smallest absolute Gasteiger partial charge is 0.0713 e. The predicted octanol–water partition coefficient (Wildman–Crippen LogP) is 3.99. The number of anilines is 1. The number of methoxy groups -OCH3 is 1. The molecule has 1 heterocycles. The second-order valence-electron chi connectivity index (χ2n) is 4.97. The van der Waals surface area contributed by atoms with Crippen molar-refractivity contribution in [1.82, 2.24) is 4.98 Å². The zero-order valence-electron chi connectivity index (χ0n) is 12.0. The maximum absolute atomic E-state index is 5.17. The van der Waals surface area contributed by atoms with E-state index in [-0.39, 0.29) is 0 Å². The van der Waals surface area contributed by atoms with Gasteiger partial charge in [0.2, 0.25) is 0 Å². The molecule has 0 aliphatic heterocycles. The highest BCUT2D eigenvalue weighted by molar-refractivity contribution is 5.82. The van der Waals surface area contributed by atoms with Gasteiger partial charge in [0.05, 0.1) is 12.1 Å². The van der Waals surface area contributed by atoms with E-state index < -0.39 is 0 Å². The van der Waals surface area contributed by atoms with E-state index in [1.807, 2.05) is 30.5 Å². The zero-order valence-corrected chi connectivity index (χ0v) is 12.0. The normalized spacial score (nSPS) is 10.7. The molecule has 3 nitrogen and oxygen atoms in total. The number of hydrogen-bond donors (Lipinski definition) is 1. The van der Waals surface area contributed by atoms with Crippen LogP contribution in [0.1, 0.15) is 11.1 Å². The minimum absolute atomic E-state index is 0.633. The fourth-order valence-electron chi connectivity index (χ4n) is 2.44. The third-order valence-corrected chi connectivity index (χ3v) is 3.46. The fraction of sp³-hybridized carbons (Fsp3) is 0.167. The summed E-state index contributed by atoms with van der Waals surface area (Å²) in [5.74, 6) is 0. The number of benzene rings is 2. The van der Waals surface area contributed by atoms with E-state index in [1.54, 1.807) is 7.11 Å². The Labute approximate surface area is 124 Å². The summed E-state index contributed by atoms with van der Waals surface area (Å²) in [6.07, 6.45) is 1.86. The number of nitrogens with zero attached hydrogens (tertiary/aromatic N) is 1. The van der Waals surface area contributed by atoms with E-state index in [4.69, 9.17) is 4.74 Å². The molecule has 1 aromatic heterocycles. The number of hydrogen-bond acceptors (Lipinski definition) is 3.